The second kappa shape index (κ2) is 8.76. The Morgan fingerprint density at radius 1 is 1.00 bits per heavy atom. The molecule has 0 aliphatic carbocycles. The molecule has 0 atom stereocenters. The Labute approximate surface area is 209 Å². The highest BCUT2D eigenvalue weighted by Crippen LogP contribution is 2.30. The molecule has 0 aliphatic rings. The SMILES string of the molecule is COc1ccc(C)cc1-n1c(=O)c2ccccc2n2c(SCc3ccc(F)c4cccnc34)nnc12. The Hall–Kier alpha value is -4.24. The fourth-order valence-corrected chi connectivity index (χ4v) is 5.34. The molecular formula is C27H20FN5O2S. The molecule has 6 rings (SSSR count). The summed E-state index contributed by atoms with van der Waals surface area (Å²) >= 11 is 1.45. The third-order valence-corrected chi connectivity index (χ3v) is 7.10. The smallest absolute Gasteiger partial charge is 0.267 e. The van der Waals surface area contributed by atoms with E-state index < -0.39 is 0 Å². The highest BCUT2D eigenvalue weighted by Gasteiger charge is 2.20. The van der Waals surface area contributed by atoms with Crippen molar-refractivity contribution in [2.24, 2.45) is 0 Å². The van der Waals surface area contributed by atoms with E-state index in [1.54, 1.807) is 42.1 Å². The lowest BCUT2D eigenvalue weighted by Crippen LogP contribution is -2.22. The average molecular weight is 498 g/mol. The summed E-state index contributed by atoms with van der Waals surface area (Å²) in [5.41, 5.74) is 3.57. The van der Waals surface area contributed by atoms with E-state index in [0.717, 1.165) is 11.1 Å². The predicted octanol–water partition coefficient (Wildman–Crippen LogP) is 5.33. The van der Waals surface area contributed by atoms with Gasteiger partial charge >= 0.3 is 0 Å². The molecule has 3 heterocycles. The predicted molar refractivity (Wildman–Crippen MR) is 139 cm³/mol. The molecule has 0 saturated heterocycles. The molecule has 0 aliphatic heterocycles. The number of pyridine rings is 1. The van der Waals surface area contributed by atoms with Gasteiger partial charge < -0.3 is 4.74 Å². The number of rotatable bonds is 5. The van der Waals surface area contributed by atoms with Gasteiger partial charge in [0, 0.05) is 17.3 Å². The summed E-state index contributed by atoms with van der Waals surface area (Å²) in [5.74, 6) is 1.13. The maximum atomic E-state index is 14.3. The fourth-order valence-electron chi connectivity index (χ4n) is 4.42. The molecule has 3 aromatic heterocycles. The highest BCUT2D eigenvalue weighted by molar-refractivity contribution is 7.98. The van der Waals surface area contributed by atoms with Crippen LogP contribution < -0.4 is 10.3 Å². The van der Waals surface area contributed by atoms with Gasteiger partial charge in [-0.1, -0.05) is 36.0 Å². The summed E-state index contributed by atoms with van der Waals surface area (Å²) in [6.07, 6.45) is 1.66. The number of methoxy groups -OCH3 is 1. The molecule has 0 unspecified atom stereocenters. The lowest BCUT2D eigenvalue weighted by molar-refractivity contribution is 0.412. The monoisotopic (exact) mass is 497 g/mol. The van der Waals surface area contributed by atoms with Gasteiger partial charge in [0.1, 0.15) is 11.6 Å². The van der Waals surface area contributed by atoms with Crippen LogP contribution in [0.3, 0.4) is 0 Å². The van der Waals surface area contributed by atoms with Gasteiger partial charge in [-0.2, -0.15) is 0 Å². The number of aryl methyl sites for hydroxylation is 1. The number of aromatic nitrogens is 5. The number of hydrogen-bond acceptors (Lipinski definition) is 6. The van der Waals surface area contributed by atoms with E-state index >= 15 is 0 Å². The number of thioether (sulfide) groups is 1. The van der Waals surface area contributed by atoms with Crippen molar-refractivity contribution < 1.29 is 9.13 Å². The maximum absolute atomic E-state index is 14.3. The summed E-state index contributed by atoms with van der Waals surface area (Å²) in [6.45, 7) is 1.96. The maximum Gasteiger partial charge on any atom is 0.267 e. The lowest BCUT2D eigenvalue weighted by atomic mass is 10.1. The van der Waals surface area contributed by atoms with Gasteiger partial charge in [0.25, 0.3) is 5.56 Å². The molecule has 0 spiro atoms. The molecule has 0 saturated carbocycles. The molecule has 178 valence electrons. The average Bonchev–Trinajstić information content (AvgIpc) is 3.32. The fraction of sp³-hybridized carbons (Fsp3) is 0.111. The molecule has 0 amide bonds. The summed E-state index contributed by atoms with van der Waals surface area (Å²) in [5, 5.41) is 10.5. The first-order chi connectivity index (χ1) is 17.6. The molecule has 0 fully saturated rings. The van der Waals surface area contributed by atoms with Crippen LogP contribution in [0.15, 0.2) is 82.9 Å². The van der Waals surface area contributed by atoms with E-state index in [1.807, 2.05) is 47.7 Å². The van der Waals surface area contributed by atoms with Crippen molar-refractivity contribution in [3.8, 4) is 11.4 Å². The number of benzene rings is 3. The second-order valence-corrected chi connectivity index (χ2v) is 9.29. The van der Waals surface area contributed by atoms with Gasteiger partial charge in [0.15, 0.2) is 5.16 Å². The molecule has 0 bridgehead atoms. The van der Waals surface area contributed by atoms with Gasteiger partial charge in [0.05, 0.1) is 29.2 Å². The van der Waals surface area contributed by atoms with Crippen molar-refractivity contribution in [2.45, 2.75) is 17.8 Å². The van der Waals surface area contributed by atoms with Crippen LogP contribution in [-0.4, -0.2) is 31.3 Å². The van der Waals surface area contributed by atoms with E-state index in [2.05, 4.69) is 15.2 Å². The van der Waals surface area contributed by atoms with Gasteiger partial charge in [-0.05, 0) is 60.5 Å². The van der Waals surface area contributed by atoms with Gasteiger partial charge in [-0.15, -0.1) is 10.2 Å². The number of halogens is 1. The minimum absolute atomic E-state index is 0.209. The first kappa shape index (κ1) is 22.2. The van der Waals surface area contributed by atoms with E-state index in [-0.39, 0.29) is 11.4 Å². The molecule has 9 heteroatoms. The second-order valence-electron chi connectivity index (χ2n) is 8.35. The Bertz CT molecular complexity index is 1850. The van der Waals surface area contributed by atoms with Crippen molar-refractivity contribution in [1.82, 2.24) is 24.1 Å². The molecule has 6 aromatic rings. The van der Waals surface area contributed by atoms with Crippen LogP contribution >= 0.6 is 11.8 Å². The number of fused-ring (bicyclic) bond motifs is 4. The summed E-state index contributed by atoms with van der Waals surface area (Å²) in [4.78, 5) is 18.1. The summed E-state index contributed by atoms with van der Waals surface area (Å²) < 4.78 is 23.3. The van der Waals surface area contributed by atoms with Crippen LogP contribution in [0.25, 0.3) is 33.3 Å². The van der Waals surface area contributed by atoms with E-state index in [9.17, 15) is 9.18 Å². The van der Waals surface area contributed by atoms with Gasteiger partial charge in [-0.3, -0.25) is 14.2 Å². The third-order valence-electron chi connectivity index (χ3n) is 6.13. The van der Waals surface area contributed by atoms with Crippen molar-refractivity contribution in [3.63, 3.8) is 0 Å². The molecule has 0 radical (unpaired) electrons. The van der Waals surface area contributed by atoms with Crippen LogP contribution in [0.4, 0.5) is 4.39 Å². The van der Waals surface area contributed by atoms with E-state index in [1.165, 1.54) is 17.8 Å². The Kier molecular flexibility index (Phi) is 5.41. The van der Waals surface area contributed by atoms with Crippen LogP contribution in [0.1, 0.15) is 11.1 Å². The largest absolute Gasteiger partial charge is 0.495 e. The van der Waals surface area contributed by atoms with Crippen molar-refractivity contribution >= 4 is 39.3 Å². The highest BCUT2D eigenvalue weighted by atomic mass is 32.2. The lowest BCUT2D eigenvalue weighted by Gasteiger charge is -2.14. The van der Waals surface area contributed by atoms with Crippen molar-refractivity contribution in [2.75, 3.05) is 7.11 Å². The standard InChI is InChI=1S/C27H20FN5O2S/c1-16-9-12-23(35-2)22(14-16)32-25(34)19-6-3-4-8-21(19)33-26(32)30-31-27(33)36-15-17-10-11-20(28)18-7-5-13-29-24(17)18/h3-14H,15H2,1-2H3. The van der Waals surface area contributed by atoms with Crippen LogP contribution in [0.5, 0.6) is 5.75 Å². The van der Waals surface area contributed by atoms with Crippen molar-refractivity contribution in [3.05, 3.63) is 100 Å². The molecule has 36 heavy (non-hydrogen) atoms. The number of ether oxygens (including phenoxy) is 1. The van der Waals surface area contributed by atoms with Crippen molar-refractivity contribution in [1.29, 1.82) is 0 Å². The minimum atomic E-state index is -0.304. The number of nitrogens with zero attached hydrogens (tertiary/aromatic N) is 5. The Morgan fingerprint density at radius 2 is 1.83 bits per heavy atom. The van der Waals surface area contributed by atoms with Gasteiger partial charge in [-0.25, -0.2) is 8.96 Å². The first-order valence-corrected chi connectivity index (χ1v) is 12.2. The quantitative estimate of drug-likeness (QED) is 0.300. The molecule has 3 aromatic carbocycles. The minimum Gasteiger partial charge on any atom is -0.495 e. The molecule has 0 N–H and O–H groups in total. The first-order valence-electron chi connectivity index (χ1n) is 11.3. The molecule has 7 nitrogen and oxygen atoms in total. The third kappa shape index (κ3) is 3.51. The zero-order chi connectivity index (χ0) is 24.8. The number of hydrogen-bond donors (Lipinski definition) is 0. The normalized spacial score (nSPS) is 11.5. The van der Waals surface area contributed by atoms with Crippen LogP contribution in [0.2, 0.25) is 0 Å². The van der Waals surface area contributed by atoms with Crippen LogP contribution in [0, 0.1) is 12.7 Å². The van der Waals surface area contributed by atoms with E-state index in [0.29, 0.717) is 49.9 Å². The van der Waals surface area contributed by atoms with Crippen LogP contribution in [-0.2, 0) is 5.75 Å². The molecular weight excluding hydrogens is 477 g/mol. The zero-order valence-corrected chi connectivity index (χ0v) is 20.3. The van der Waals surface area contributed by atoms with E-state index in [4.69, 9.17) is 4.74 Å². The topological polar surface area (TPSA) is 74.3 Å². The summed E-state index contributed by atoms with van der Waals surface area (Å²) in [6, 6.07) is 19.7. The van der Waals surface area contributed by atoms with Gasteiger partial charge in [0.2, 0.25) is 5.78 Å². The zero-order valence-electron chi connectivity index (χ0n) is 19.5. The number of para-hydroxylation sites is 1. The Balaban J connectivity index is 1.55. The Morgan fingerprint density at radius 3 is 2.69 bits per heavy atom. The summed E-state index contributed by atoms with van der Waals surface area (Å²) in [7, 11) is 1.57.